The van der Waals surface area contributed by atoms with Crippen LogP contribution in [0.25, 0.3) is 0 Å². The van der Waals surface area contributed by atoms with Gasteiger partial charge in [0.15, 0.2) is 17.5 Å². The minimum atomic E-state index is -2.98. The summed E-state index contributed by atoms with van der Waals surface area (Å²) in [4.78, 5) is 17.5. The lowest BCUT2D eigenvalue weighted by molar-refractivity contribution is -0.127. The molecule has 0 aromatic heterocycles. The Morgan fingerprint density at radius 1 is 1.36 bits per heavy atom. The summed E-state index contributed by atoms with van der Waals surface area (Å²) < 4.78 is 40.4. The number of rotatable bonds is 8. The van der Waals surface area contributed by atoms with Crippen molar-refractivity contribution < 1.29 is 27.8 Å². The number of nitrogens with one attached hydrogen (secondary N) is 2. The number of aliphatic imine (C=N–C) groups is 1. The zero-order valence-corrected chi connectivity index (χ0v) is 17.9. The summed E-state index contributed by atoms with van der Waals surface area (Å²) in [6.45, 7) is 1.08. The Balaban J connectivity index is 0.00000392. The molecule has 1 heterocycles. The highest BCUT2D eigenvalue weighted by atomic mass is 127. The molecule has 0 saturated carbocycles. The molecule has 1 amide bonds. The first-order valence-corrected chi connectivity index (χ1v) is 8.11. The van der Waals surface area contributed by atoms with Gasteiger partial charge in [-0.25, -0.2) is 4.99 Å². The van der Waals surface area contributed by atoms with Gasteiger partial charge >= 0.3 is 6.61 Å². The largest absolute Gasteiger partial charge is 0.454 e. The van der Waals surface area contributed by atoms with E-state index >= 15 is 0 Å². The lowest BCUT2D eigenvalue weighted by atomic mass is 10.1. The van der Waals surface area contributed by atoms with Crippen molar-refractivity contribution in [3.8, 4) is 17.2 Å². The van der Waals surface area contributed by atoms with Gasteiger partial charge in [-0.1, -0.05) is 6.08 Å². The number of benzene rings is 1. The molecule has 156 valence electrons. The van der Waals surface area contributed by atoms with Crippen LogP contribution in [-0.2, 0) is 11.3 Å². The first kappa shape index (κ1) is 23.7. The zero-order chi connectivity index (χ0) is 19.8. The number of hydrogen-bond donors (Lipinski definition) is 2. The molecular weight excluding hydrogens is 489 g/mol. The maximum absolute atomic E-state index is 12.7. The molecule has 1 aromatic rings. The third kappa shape index (κ3) is 7.02. The van der Waals surface area contributed by atoms with Gasteiger partial charge in [0.1, 0.15) is 5.75 Å². The van der Waals surface area contributed by atoms with Gasteiger partial charge in [0.05, 0.1) is 13.1 Å². The molecule has 28 heavy (non-hydrogen) atoms. The molecule has 2 rings (SSSR count). The van der Waals surface area contributed by atoms with E-state index in [2.05, 4.69) is 26.9 Å². The number of hydrogen-bond acceptors (Lipinski definition) is 5. The van der Waals surface area contributed by atoms with Crippen molar-refractivity contribution in [1.82, 2.24) is 15.5 Å². The fourth-order valence-electron chi connectivity index (χ4n) is 2.12. The van der Waals surface area contributed by atoms with Gasteiger partial charge in [-0.2, -0.15) is 8.78 Å². The van der Waals surface area contributed by atoms with Crippen LogP contribution in [0.2, 0.25) is 0 Å². The molecule has 1 aromatic carbocycles. The van der Waals surface area contributed by atoms with Crippen LogP contribution in [0.4, 0.5) is 8.78 Å². The minimum absolute atomic E-state index is 0. The molecule has 0 fully saturated rings. The minimum Gasteiger partial charge on any atom is -0.454 e. The molecule has 2 N–H and O–H groups in total. The fourth-order valence-corrected chi connectivity index (χ4v) is 2.12. The van der Waals surface area contributed by atoms with Crippen LogP contribution in [0.5, 0.6) is 17.2 Å². The maximum atomic E-state index is 12.7. The SMILES string of the molecule is C=CCNC(=NCc1cc2c(cc1OC(F)F)OCO2)NCC(=O)N(C)C.I. The van der Waals surface area contributed by atoms with Crippen LogP contribution in [0.3, 0.4) is 0 Å². The van der Waals surface area contributed by atoms with Crippen LogP contribution >= 0.6 is 24.0 Å². The van der Waals surface area contributed by atoms with Crippen molar-refractivity contribution in [2.24, 2.45) is 4.99 Å². The Hall–Kier alpha value is -2.31. The van der Waals surface area contributed by atoms with Crippen molar-refractivity contribution >= 4 is 35.8 Å². The van der Waals surface area contributed by atoms with Crippen LogP contribution in [0.1, 0.15) is 5.56 Å². The Labute approximate surface area is 178 Å². The van der Waals surface area contributed by atoms with Crippen molar-refractivity contribution in [2.45, 2.75) is 13.2 Å². The Morgan fingerprint density at radius 2 is 2.04 bits per heavy atom. The predicted octanol–water partition coefficient (Wildman–Crippen LogP) is 1.94. The molecule has 1 aliphatic heterocycles. The lowest BCUT2D eigenvalue weighted by Gasteiger charge is -2.15. The van der Waals surface area contributed by atoms with E-state index < -0.39 is 6.61 Å². The summed E-state index contributed by atoms with van der Waals surface area (Å²) in [5, 5.41) is 5.83. The van der Waals surface area contributed by atoms with Gasteiger partial charge in [-0.15, -0.1) is 30.6 Å². The smallest absolute Gasteiger partial charge is 0.387 e. The molecule has 0 saturated heterocycles. The molecule has 0 bridgehead atoms. The van der Waals surface area contributed by atoms with E-state index in [1.54, 1.807) is 26.2 Å². The number of guanidine groups is 1. The fraction of sp³-hybridized carbons (Fsp3) is 0.412. The summed E-state index contributed by atoms with van der Waals surface area (Å²) in [6.07, 6.45) is 1.62. The molecule has 8 nitrogen and oxygen atoms in total. The van der Waals surface area contributed by atoms with Crippen LogP contribution in [-0.4, -0.2) is 57.4 Å². The second-order valence-corrected chi connectivity index (χ2v) is 5.67. The number of carbonyl (C=O) groups excluding carboxylic acids is 1. The number of nitrogens with zero attached hydrogens (tertiary/aromatic N) is 2. The first-order chi connectivity index (χ1) is 12.9. The third-order valence-corrected chi connectivity index (χ3v) is 3.50. The van der Waals surface area contributed by atoms with Gasteiger partial charge in [0.2, 0.25) is 12.7 Å². The summed E-state index contributed by atoms with van der Waals surface area (Å²) >= 11 is 0. The average Bonchev–Trinajstić information content (AvgIpc) is 3.07. The van der Waals surface area contributed by atoms with E-state index in [4.69, 9.17) is 9.47 Å². The molecule has 0 spiro atoms. The Kier molecular flexibility index (Phi) is 9.76. The van der Waals surface area contributed by atoms with E-state index in [1.165, 1.54) is 11.0 Å². The van der Waals surface area contributed by atoms with Crippen molar-refractivity contribution in [3.05, 3.63) is 30.4 Å². The number of fused-ring (bicyclic) bond motifs is 1. The zero-order valence-electron chi connectivity index (χ0n) is 15.5. The monoisotopic (exact) mass is 512 g/mol. The molecule has 0 radical (unpaired) electrons. The number of carbonyl (C=O) groups is 1. The third-order valence-electron chi connectivity index (χ3n) is 3.50. The van der Waals surface area contributed by atoms with E-state index in [0.29, 0.717) is 29.6 Å². The van der Waals surface area contributed by atoms with Gasteiger partial charge in [-0.05, 0) is 6.07 Å². The molecule has 11 heteroatoms. The van der Waals surface area contributed by atoms with Gasteiger partial charge in [0.25, 0.3) is 0 Å². The predicted molar refractivity (Wildman–Crippen MR) is 111 cm³/mol. The summed E-state index contributed by atoms with van der Waals surface area (Å²) in [6, 6.07) is 2.89. The van der Waals surface area contributed by atoms with E-state index in [9.17, 15) is 13.6 Å². The molecule has 1 aliphatic rings. The van der Waals surface area contributed by atoms with Crippen LogP contribution in [0.15, 0.2) is 29.8 Å². The summed E-state index contributed by atoms with van der Waals surface area (Å²) in [5.41, 5.74) is 0.387. The van der Waals surface area contributed by atoms with E-state index in [0.717, 1.165) is 0 Å². The highest BCUT2D eigenvalue weighted by Crippen LogP contribution is 2.38. The summed E-state index contributed by atoms with van der Waals surface area (Å²) in [7, 11) is 3.27. The quantitative estimate of drug-likeness (QED) is 0.240. The standard InChI is InChI=1S/C17H22F2N4O4.HI/c1-4-5-20-17(22-9-15(24)23(2)3)21-8-11-6-13-14(26-10-25-13)7-12(11)27-16(18)19;/h4,6-7,16H,1,5,8-10H2,2-3H3,(H2,20,21,22);1H. The van der Waals surface area contributed by atoms with Gasteiger partial charge in [0, 0.05) is 32.3 Å². The van der Waals surface area contributed by atoms with Crippen LogP contribution < -0.4 is 24.8 Å². The van der Waals surface area contributed by atoms with Crippen molar-refractivity contribution in [2.75, 3.05) is 34.0 Å². The highest BCUT2D eigenvalue weighted by molar-refractivity contribution is 14.0. The molecular formula is C17H23F2IN4O4. The average molecular weight is 512 g/mol. The first-order valence-electron chi connectivity index (χ1n) is 8.11. The second-order valence-electron chi connectivity index (χ2n) is 5.67. The van der Waals surface area contributed by atoms with E-state index in [1.807, 2.05) is 0 Å². The topological polar surface area (TPSA) is 84.4 Å². The molecule has 0 unspecified atom stereocenters. The Bertz CT molecular complexity index is 717. The number of amides is 1. The lowest BCUT2D eigenvalue weighted by Crippen LogP contribution is -2.43. The van der Waals surface area contributed by atoms with Gasteiger partial charge in [-0.3, -0.25) is 4.79 Å². The Morgan fingerprint density at radius 3 is 2.64 bits per heavy atom. The van der Waals surface area contributed by atoms with Crippen molar-refractivity contribution in [1.29, 1.82) is 0 Å². The molecule has 0 atom stereocenters. The van der Waals surface area contributed by atoms with Gasteiger partial charge < -0.3 is 29.7 Å². The number of alkyl halides is 2. The maximum Gasteiger partial charge on any atom is 0.387 e. The molecule has 0 aliphatic carbocycles. The van der Waals surface area contributed by atoms with Crippen LogP contribution in [0, 0.1) is 0 Å². The number of ether oxygens (including phenoxy) is 3. The normalized spacial score (nSPS) is 12.2. The number of likely N-dealkylation sites (N-methyl/N-ethyl adjacent to an activating group) is 1. The van der Waals surface area contributed by atoms with Crippen molar-refractivity contribution in [3.63, 3.8) is 0 Å². The number of halogens is 3. The highest BCUT2D eigenvalue weighted by Gasteiger charge is 2.20. The second kappa shape index (κ2) is 11.5. The van der Waals surface area contributed by atoms with E-state index in [-0.39, 0.29) is 55.5 Å². The summed E-state index contributed by atoms with van der Waals surface area (Å²) in [5.74, 6) is 0.889.